The van der Waals surface area contributed by atoms with Crippen LogP contribution in [-0.2, 0) is 11.2 Å². The highest BCUT2D eigenvalue weighted by Crippen LogP contribution is 2.47. The highest BCUT2D eigenvalue weighted by molar-refractivity contribution is 7.99. The second-order valence-electron chi connectivity index (χ2n) is 8.76. The fraction of sp³-hybridized carbons (Fsp3) is 0.444. The first-order valence-electron chi connectivity index (χ1n) is 11.1. The maximum Gasteiger partial charge on any atom is 0.166 e. The molecule has 1 nitrogen and oxygen atoms in total. The Hall–Kier alpha value is -1.58. The third-order valence-corrected chi connectivity index (χ3v) is 7.71. The molecule has 1 fully saturated rings. The van der Waals surface area contributed by atoms with Crippen molar-refractivity contribution in [3.8, 4) is 11.1 Å². The molecule has 0 N–H and O–H groups in total. The summed E-state index contributed by atoms with van der Waals surface area (Å²) in [5.41, 5.74) is 5.54. The minimum atomic E-state index is -0.339. The summed E-state index contributed by atoms with van der Waals surface area (Å²) in [4.78, 5) is 13.1. The van der Waals surface area contributed by atoms with E-state index >= 15 is 0 Å². The molecule has 31 heavy (non-hydrogen) atoms. The largest absolute Gasteiger partial charge is 0.294 e. The van der Waals surface area contributed by atoms with Crippen molar-refractivity contribution in [1.82, 2.24) is 0 Å². The fourth-order valence-electron chi connectivity index (χ4n) is 4.57. The van der Waals surface area contributed by atoms with Crippen LogP contribution < -0.4 is 0 Å². The zero-order valence-electron chi connectivity index (χ0n) is 19.1. The zero-order valence-corrected chi connectivity index (χ0v) is 20.7. The van der Waals surface area contributed by atoms with Crippen molar-refractivity contribution >= 4 is 34.7 Å². The smallest absolute Gasteiger partial charge is 0.166 e. The van der Waals surface area contributed by atoms with Crippen molar-refractivity contribution < 1.29 is 9.18 Å². The monoisotopic (exact) mass is 458 g/mol. The summed E-state index contributed by atoms with van der Waals surface area (Å²) in [6.45, 7) is 8.57. The molecule has 4 heteroatoms. The van der Waals surface area contributed by atoms with Crippen LogP contribution in [0.1, 0.15) is 58.1 Å². The van der Waals surface area contributed by atoms with Gasteiger partial charge in [0.15, 0.2) is 5.78 Å². The van der Waals surface area contributed by atoms with Gasteiger partial charge in [0.1, 0.15) is 5.82 Å². The molecule has 2 aliphatic carbocycles. The van der Waals surface area contributed by atoms with Gasteiger partial charge in [0.25, 0.3) is 0 Å². The van der Waals surface area contributed by atoms with Gasteiger partial charge in [0.05, 0.1) is 0 Å². The van der Waals surface area contributed by atoms with Crippen LogP contribution in [0.2, 0.25) is 5.02 Å². The lowest BCUT2D eigenvalue weighted by molar-refractivity contribution is -0.117. The van der Waals surface area contributed by atoms with E-state index in [1.165, 1.54) is 11.6 Å². The normalized spacial score (nSPS) is 20.2. The predicted molar refractivity (Wildman–Crippen MR) is 133 cm³/mol. The molecule has 0 saturated heterocycles. The van der Waals surface area contributed by atoms with Crippen molar-refractivity contribution in [2.45, 2.75) is 58.6 Å². The van der Waals surface area contributed by atoms with E-state index in [-0.39, 0.29) is 17.5 Å². The average molecular weight is 459 g/mol. The van der Waals surface area contributed by atoms with Gasteiger partial charge in [-0.1, -0.05) is 50.1 Å². The molecule has 1 saturated carbocycles. The molecule has 2 unspecified atom stereocenters. The summed E-state index contributed by atoms with van der Waals surface area (Å²) >= 11 is 7.77. The number of halogens is 2. The van der Waals surface area contributed by atoms with E-state index in [1.807, 2.05) is 30.0 Å². The highest BCUT2D eigenvalue weighted by atomic mass is 35.5. The van der Waals surface area contributed by atoms with Crippen molar-refractivity contribution in [2.24, 2.45) is 11.8 Å². The number of aryl methyl sites for hydroxylation is 1. The van der Waals surface area contributed by atoms with Gasteiger partial charge in [-0.2, -0.15) is 11.8 Å². The van der Waals surface area contributed by atoms with Gasteiger partial charge in [-0.3, -0.25) is 4.79 Å². The molecular formula is C27H32ClFOS. The first-order valence-corrected chi connectivity index (χ1v) is 12.8. The van der Waals surface area contributed by atoms with Crippen molar-refractivity contribution in [1.29, 1.82) is 0 Å². The third-order valence-electron chi connectivity index (χ3n) is 6.53. The number of thioether (sulfide) groups is 1. The number of fused-ring (bicyclic) bond motifs is 2. The van der Waals surface area contributed by atoms with Crippen molar-refractivity contribution in [2.75, 3.05) is 6.26 Å². The highest BCUT2D eigenvalue weighted by Gasteiger charge is 2.39. The van der Waals surface area contributed by atoms with Crippen molar-refractivity contribution in [3.05, 3.63) is 63.9 Å². The Kier molecular flexibility index (Phi) is 8.04. The second kappa shape index (κ2) is 10.4. The van der Waals surface area contributed by atoms with Gasteiger partial charge in [0.2, 0.25) is 0 Å². The van der Waals surface area contributed by atoms with Gasteiger partial charge < -0.3 is 0 Å². The molecule has 0 heterocycles. The summed E-state index contributed by atoms with van der Waals surface area (Å²) in [5, 5.41) is 1.18. The molecule has 4 rings (SSSR count). The molecule has 2 aliphatic rings. The first-order chi connectivity index (χ1) is 14.8. The van der Waals surface area contributed by atoms with Crippen LogP contribution in [-0.4, -0.2) is 17.3 Å². The van der Waals surface area contributed by atoms with E-state index in [1.54, 1.807) is 12.1 Å². The standard InChI is InChI=1S/C23H22ClFO.C4H10S/c1-3-14-4-6-16(19-9-8-18(24)12-21(19)25)11-20(14)22-13(2)15-5-7-17(10-15)23(22)26;1-4(2)5-3/h4,6,8-9,11-12,15,17H,3,5,7,10H2,1-2H3;4H,1-3H3. The van der Waals surface area contributed by atoms with Gasteiger partial charge in [0, 0.05) is 22.1 Å². The van der Waals surface area contributed by atoms with E-state index in [2.05, 4.69) is 34.0 Å². The molecule has 0 spiro atoms. The lowest BCUT2D eigenvalue weighted by Gasteiger charge is -2.25. The quantitative estimate of drug-likeness (QED) is 0.458. The van der Waals surface area contributed by atoms with Crippen LogP contribution in [0.4, 0.5) is 4.39 Å². The number of benzene rings is 2. The average Bonchev–Trinajstić information content (AvgIpc) is 3.20. The summed E-state index contributed by atoms with van der Waals surface area (Å²) in [7, 11) is 0. The maximum absolute atomic E-state index is 14.4. The number of carbonyl (C=O) groups is 1. The summed E-state index contributed by atoms with van der Waals surface area (Å²) in [6.07, 6.45) is 6.07. The number of rotatable bonds is 4. The van der Waals surface area contributed by atoms with Gasteiger partial charge >= 0.3 is 0 Å². The molecule has 166 valence electrons. The van der Waals surface area contributed by atoms with Crippen LogP contribution in [0.3, 0.4) is 0 Å². The van der Waals surface area contributed by atoms with Crippen LogP contribution in [0.25, 0.3) is 16.7 Å². The Bertz CT molecular complexity index is 995. The minimum absolute atomic E-state index is 0.166. The Morgan fingerprint density at radius 1 is 1.10 bits per heavy atom. The molecular weight excluding hydrogens is 427 g/mol. The molecule has 2 bridgehead atoms. The number of hydrogen-bond acceptors (Lipinski definition) is 2. The summed E-state index contributed by atoms with van der Waals surface area (Å²) in [5.74, 6) is 0.626. The van der Waals surface area contributed by atoms with Crippen molar-refractivity contribution in [3.63, 3.8) is 0 Å². The van der Waals surface area contributed by atoms with E-state index < -0.39 is 0 Å². The molecule has 2 atom stereocenters. The van der Waals surface area contributed by atoms with E-state index in [9.17, 15) is 9.18 Å². The van der Waals surface area contributed by atoms with Crippen LogP contribution in [0, 0.1) is 17.7 Å². The SMILES string of the molecule is CCc1ccc(-c2ccc(Cl)cc2F)cc1C1=C(C)C2CCC(C2)C1=O.CSC(C)C. The van der Waals surface area contributed by atoms with Crippen LogP contribution in [0.15, 0.2) is 42.0 Å². The number of hydrogen-bond donors (Lipinski definition) is 0. The van der Waals surface area contributed by atoms with Gasteiger partial charge in [-0.25, -0.2) is 4.39 Å². The number of carbonyl (C=O) groups excluding carboxylic acids is 1. The number of ketones is 1. The van der Waals surface area contributed by atoms with Crippen LogP contribution in [0.5, 0.6) is 0 Å². The van der Waals surface area contributed by atoms with Gasteiger partial charge in [-0.05, 0) is 91.0 Å². The fourth-order valence-corrected chi connectivity index (χ4v) is 4.73. The van der Waals surface area contributed by atoms with E-state index in [0.29, 0.717) is 16.5 Å². The zero-order chi connectivity index (χ0) is 22.7. The van der Waals surface area contributed by atoms with E-state index in [0.717, 1.165) is 53.2 Å². The maximum atomic E-state index is 14.4. The summed E-state index contributed by atoms with van der Waals surface area (Å²) < 4.78 is 14.4. The molecule has 0 aliphatic heterocycles. The molecule has 2 aromatic rings. The minimum Gasteiger partial charge on any atom is -0.294 e. The second-order valence-corrected chi connectivity index (χ2v) is 10.6. The Labute approximate surface area is 195 Å². The number of allylic oxidation sites excluding steroid dienone is 2. The van der Waals surface area contributed by atoms with Gasteiger partial charge in [-0.15, -0.1) is 0 Å². The van der Waals surface area contributed by atoms with Crippen LogP contribution >= 0.6 is 23.4 Å². The number of Topliss-reactive ketones (excluding diaryl/α,β-unsaturated/α-hetero) is 1. The third kappa shape index (κ3) is 5.26. The lowest BCUT2D eigenvalue weighted by atomic mass is 9.78. The topological polar surface area (TPSA) is 17.1 Å². The first kappa shape index (κ1) is 24.1. The lowest BCUT2D eigenvalue weighted by Crippen LogP contribution is -2.21. The Morgan fingerprint density at radius 2 is 1.77 bits per heavy atom. The molecule has 0 aromatic heterocycles. The molecule has 0 amide bonds. The predicted octanol–water partition coefficient (Wildman–Crippen LogP) is 8.24. The van der Waals surface area contributed by atoms with E-state index in [4.69, 9.17) is 11.6 Å². The molecule has 2 aromatic carbocycles. The Morgan fingerprint density at radius 3 is 2.39 bits per heavy atom. The Balaban J connectivity index is 0.000000491. The summed E-state index contributed by atoms with van der Waals surface area (Å²) in [6, 6.07) is 10.7. The molecule has 0 radical (unpaired) electrons.